The molecule has 0 fully saturated rings. The number of nitrogens with zero attached hydrogens (tertiary/aromatic N) is 3. The van der Waals surface area contributed by atoms with Crippen LogP contribution in [0.25, 0.3) is 0 Å². The van der Waals surface area contributed by atoms with Crippen LogP contribution in [0, 0.1) is 11.7 Å². The van der Waals surface area contributed by atoms with Gasteiger partial charge >= 0.3 is 0 Å². The smallest absolute Gasteiger partial charge is 0.216 e. The van der Waals surface area contributed by atoms with Gasteiger partial charge < -0.3 is 4.74 Å². The van der Waals surface area contributed by atoms with Crippen molar-refractivity contribution in [2.24, 2.45) is 5.10 Å². The van der Waals surface area contributed by atoms with Crippen molar-refractivity contribution in [3.05, 3.63) is 38.8 Å². The van der Waals surface area contributed by atoms with E-state index < -0.39 is 0 Å². The Labute approximate surface area is 130 Å². The highest BCUT2D eigenvalue weighted by Crippen LogP contribution is 2.26. The van der Waals surface area contributed by atoms with Gasteiger partial charge in [0.15, 0.2) is 0 Å². The Morgan fingerprint density at radius 3 is 2.80 bits per heavy atom. The first-order valence-corrected chi connectivity index (χ1v) is 7.32. The number of rotatable bonds is 4. The van der Waals surface area contributed by atoms with Crippen molar-refractivity contribution in [3.8, 4) is 5.75 Å². The van der Waals surface area contributed by atoms with Crippen molar-refractivity contribution in [1.29, 1.82) is 0 Å². The number of halogens is 1. The third-order valence-corrected chi connectivity index (χ3v) is 3.34. The van der Waals surface area contributed by atoms with Crippen LogP contribution in [0.15, 0.2) is 27.8 Å². The maximum atomic E-state index is 5.66. The highest BCUT2D eigenvalue weighted by atomic mass is 79.9. The van der Waals surface area contributed by atoms with Gasteiger partial charge in [-0.25, -0.2) is 0 Å². The lowest BCUT2D eigenvalue weighted by atomic mass is 10.2. The Morgan fingerprint density at radius 2 is 2.25 bits per heavy atom. The van der Waals surface area contributed by atoms with Crippen LogP contribution in [-0.4, -0.2) is 27.2 Å². The Morgan fingerprint density at radius 1 is 1.50 bits per heavy atom. The van der Waals surface area contributed by atoms with Gasteiger partial charge in [-0.05, 0) is 72.7 Å². The molecule has 20 heavy (non-hydrogen) atoms. The summed E-state index contributed by atoms with van der Waals surface area (Å²) in [6.07, 6.45) is 1.86. The van der Waals surface area contributed by atoms with Crippen molar-refractivity contribution in [2.45, 2.75) is 26.9 Å². The first-order chi connectivity index (χ1) is 9.47. The van der Waals surface area contributed by atoms with Gasteiger partial charge in [-0.15, -0.1) is 0 Å². The van der Waals surface area contributed by atoms with Crippen molar-refractivity contribution in [1.82, 2.24) is 14.9 Å². The lowest BCUT2D eigenvalue weighted by molar-refractivity contribution is 0.241. The zero-order valence-electron chi connectivity index (χ0n) is 11.4. The van der Waals surface area contributed by atoms with Gasteiger partial charge in [-0.2, -0.15) is 14.9 Å². The molecule has 0 saturated heterocycles. The number of H-pyrrole nitrogens is 1. The third-order valence-electron chi connectivity index (χ3n) is 2.45. The molecule has 2 rings (SSSR count). The number of aromatic amines is 1. The van der Waals surface area contributed by atoms with Crippen LogP contribution >= 0.6 is 28.1 Å². The molecule has 0 unspecified atom stereocenters. The highest BCUT2D eigenvalue weighted by Gasteiger charge is 2.04. The summed E-state index contributed by atoms with van der Waals surface area (Å²) < 4.78 is 8.59. The van der Waals surface area contributed by atoms with E-state index in [1.165, 1.54) is 0 Å². The van der Waals surface area contributed by atoms with E-state index in [1.54, 1.807) is 10.9 Å². The third kappa shape index (κ3) is 3.55. The molecule has 0 saturated carbocycles. The van der Waals surface area contributed by atoms with E-state index in [9.17, 15) is 0 Å². The lowest BCUT2D eigenvalue weighted by Crippen LogP contribution is -2.06. The average Bonchev–Trinajstić information content (AvgIpc) is 2.69. The van der Waals surface area contributed by atoms with Gasteiger partial charge in [0.25, 0.3) is 0 Å². The summed E-state index contributed by atoms with van der Waals surface area (Å²) in [5.74, 6) is 1.53. The van der Waals surface area contributed by atoms with Gasteiger partial charge in [-0.3, -0.25) is 5.10 Å². The quantitative estimate of drug-likeness (QED) is 0.672. The van der Waals surface area contributed by atoms with E-state index >= 15 is 0 Å². The highest BCUT2D eigenvalue weighted by molar-refractivity contribution is 9.10. The minimum atomic E-state index is 0.137. The monoisotopic (exact) mass is 354 g/mol. The Balaban J connectivity index is 2.23. The molecule has 1 heterocycles. The lowest BCUT2D eigenvalue weighted by Gasteiger charge is -2.11. The molecular weight excluding hydrogens is 340 g/mol. The maximum absolute atomic E-state index is 5.66. The molecule has 0 aliphatic carbocycles. The second-order valence-corrected chi connectivity index (χ2v) is 5.73. The summed E-state index contributed by atoms with van der Waals surface area (Å²) in [6.45, 7) is 5.82. The fraction of sp³-hybridized carbons (Fsp3) is 0.308. The fourth-order valence-corrected chi connectivity index (χ4v) is 2.29. The summed E-state index contributed by atoms with van der Waals surface area (Å²) in [5.41, 5.74) is 0.940. The number of benzene rings is 1. The molecule has 1 aromatic heterocycles. The molecule has 1 N–H and O–H groups in total. The maximum Gasteiger partial charge on any atom is 0.216 e. The van der Waals surface area contributed by atoms with Crippen LogP contribution in [0.1, 0.15) is 25.2 Å². The SMILES string of the molecule is Cc1n[nH]c(=S)n1/N=C\c1ccc(OC(C)C)c(Br)c1. The minimum Gasteiger partial charge on any atom is -0.490 e. The normalized spacial score (nSPS) is 11.4. The molecule has 0 aliphatic rings. The predicted octanol–water partition coefficient (Wildman–Crippen LogP) is 3.68. The van der Waals surface area contributed by atoms with Crippen LogP contribution in [0.4, 0.5) is 0 Å². The molecule has 1 aromatic carbocycles. The van der Waals surface area contributed by atoms with Gasteiger partial charge in [0, 0.05) is 0 Å². The number of nitrogens with one attached hydrogen (secondary N) is 1. The molecule has 0 amide bonds. The molecule has 0 spiro atoms. The summed E-state index contributed by atoms with van der Waals surface area (Å²) in [7, 11) is 0. The van der Waals surface area contributed by atoms with Gasteiger partial charge in [0.1, 0.15) is 11.6 Å². The van der Waals surface area contributed by atoms with E-state index in [2.05, 4.69) is 31.2 Å². The van der Waals surface area contributed by atoms with Crippen LogP contribution < -0.4 is 4.74 Å². The molecule has 7 heteroatoms. The standard InChI is InChI=1S/C13H15BrN4OS/c1-8(2)19-12-5-4-10(6-11(12)14)7-15-18-9(3)16-17-13(18)20/h4-8H,1-3H3,(H,17,20)/b15-7-. The second kappa shape index (κ2) is 6.32. The first-order valence-electron chi connectivity index (χ1n) is 6.12. The largest absolute Gasteiger partial charge is 0.490 e. The Kier molecular flexibility index (Phi) is 4.72. The second-order valence-electron chi connectivity index (χ2n) is 4.49. The van der Waals surface area contributed by atoms with Crippen molar-refractivity contribution in [3.63, 3.8) is 0 Å². The van der Waals surface area contributed by atoms with Crippen LogP contribution in [0.2, 0.25) is 0 Å². The van der Waals surface area contributed by atoms with Gasteiger partial charge in [0.2, 0.25) is 4.77 Å². The van der Waals surface area contributed by atoms with Crippen LogP contribution in [0.5, 0.6) is 5.75 Å². The van der Waals surface area contributed by atoms with E-state index in [0.29, 0.717) is 10.6 Å². The van der Waals surface area contributed by atoms with Crippen molar-refractivity contribution >= 4 is 34.4 Å². The molecule has 0 aliphatic heterocycles. The molecule has 0 bridgehead atoms. The molecule has 5 nitrogen and oxygen atoms in total. The van der Waals surface area contributed by atoms with Gasteiger partial charge in [0.05, 0.1) is 16.8 Å². The van der Waals surface area contributed by atoms with E-state index in [1.807, 2.05) is 39.0 Å². The van der Waals surface area contributed by atoms with Crippen LogP contribution in [-0.2, 0) is 0 Å². The molecular formula is C13H15BrN4OS. The topological polar surface area (TPSA) is 55.2 Å². The van der Waals surface area contributed by atoms with E-state index in [-0.39, 0.29) is 6.10 Å². The number of aromatic nitrogens is 3. The van der Waals surface area contributed by atoms with Crippen LogP contribution in [0.3, 0.4) is 0 Å². The van der Waals surface area contributed by atoms with E-state index in [0.717, 1.165) is 15.8 Å². The molecule has 0 atom stereocenters. The van der Waals surface area contributed by atoms with E-state index in [4.69, 9.17) is 17.0 Å². The average molecular weight is 355 g/mol. The molecule has 2 aromatic rings. The number of hydrogen-bond donors (Lipinski definition) is 1. The molecule has 106 valence electrons. The zero-order chi connectivity index (χ0) is 14.7. The zero-order valence-corrected chi connectivity index (χ0v) is 13.8. The first kappa shape index (κ1) is 14.9. The van der Waals surface area contributed by atoms with Gasteiger partial charge in [-0.1, -0.05) is 0 Å². The predicted molar refractivity (Wildman–Crippen MR) is 85.0 cm³/mol. The summed E-state index contributed by atoms with van der Waals surface area (Å²) in [6, 6.07) is 5.79. The Hall–Kier alpha value is -1.47. The number of ether oxygens (including phenoxy) is 1. The Bertz CT molecular complexity index is 690. The minimum absolute atomic E-state index is 0.137. The summed E-state index contributed by atoms with van der Waals surface area (Å²) in [5, 5.41) is 11.0. The fourth-order valence-electron chi connectivity index (χ4n) is 1.58. The summed E-state index contributed by atoms with van der Waals surface area (Å²) in [4.78, 5) is 0. The number of aryl methyl sites for hydroxylation is 1. The summed E-state index contributed by atoms with van der Waals surface area (Å²) >= 11 is 8.57. The van der Waals surface area contributed by atoms with Crippen molar-refractivity contribution < 1.29 is 4.74 Å². The number of hydrogen-bond acceptors (Lipinski definition) is 4. The molecule has 0 radical (unpaired) electrons. The van der Waals surface area contributed by atoms with Crippen molar-refractivity contribution in [2.75, 3.05) is 0 Å².